The van der Waals surface area contributed by atoms with Gasteiger partial charge >= 0.3 is 0 Å². The third kappa shape index (κ3) is 4.27. The minimum atomic E-state index is -0.156. The van der Waals surface area contributed by atoms with Crippen molar-refractivity contribution in [3.8, 4) is 17.2 Å². The molecule has 0 saturated heterocycles. The van der Waals surface area contributed by atoms with E-state index in [2.05, 4.69) is 22.5 Å². The Morgan fingerprint density at radius 1 is 1.03 bits per heavy atom. The molecule has 0 bridgehead atoms. The van der Waals surface area contributed by atoms with Gasteiger partial charge in [0.05, 0.1) is 50.6 Å². The summed E-state index contributed by atoms with van der Waals surface area (Å²) in [7, 11) is 4.73. The van der Waals surface area contributed by atoms with Gasteiger partial charge < -0.3 is 19.5 Å². The summed E-state index contributed by atoms with van der Waals surface area (Å²) in [6.07, 6.45) is 0. The van der Waals surface area contributed by atoms with E-state index < -0.39 is 0 Å². The lowest BCUT2D eigenvalue weighted by Crippen LogP contribution is -2.22. The number of nitrogens with zero attached hydrogens (tertiary/aromatic N) is 2. The van der Waals surface area contributed by atoms with Crippen LogP contribution in [0.5, 0.6) is 17.2 Å². The van der Waals surface area contributed by atoms with Crippen molar-refractivity contribution in [1.82, 2.24) is 15.1 Å². The van der Waals surface area contributed by atoms with E-state index in [4.69, 9.17) is 14.2 Å². The van der Waals surface area contributed by atoms with Crippen molar-refractivity contribution in [2.75, 3.05) is 21.3 Å². The van der Waals surface area contributed by atoms with E-state index in [1.807, 2.05) is 35.9 Å². The zero-order valence-corrected chi connectivity index (χ0v) is 19.3. The number of fused-ring (bicyclic) bond motifs is 1. The number of thiophene rings is 1. The zero-order valence-electron chi connectivity index (χ0n) is 18.5. The van der Waals surface area contributed by atoms with Gasteiger partial charge in [0.1, 0.15) is 22.1 Å². The molecule has 7 nitrogen and oxygen atoms in total. The first kappa shape index (κ1) is 21.7. The molecule has 2 heterocycles. The molecule has 4 aromatic rings. The highest BCUT2D eigenvalue weighted by Crippen LogP contribution is 2.34. The molecule has 0 aliphatic heterocycles. The second kappa shape index (κ2) is 9.32. The van der Waals surface area contributed by atoms with Crippen LogP contribution in [0.2, 0.25) is 0 Å². The summed E-state index contributed by atoms with van der Waals surface area (Å²) in [4.78, 5) is 14.6. The number of aromatic nitrogens is 2. The van der Waals surface area contributed by atoms with E-state index in [1.54, 1.807) is 33.5 Å². The lowest BCUT2D eigenvalue weighted by atomic mass is 10.1. The van der Waals surface area contributed by atoms with Crippen LogP contribution in [-0.2, 0) is 13.1 Å². The minimum absolute atomic E-state index is 0.156. The Kier molecular flexibility index (Phi) is 6.32. The van der Waals surface area contributed by atoms with Crippen LogP contribution >= 0.6 is 11.3 Å². The van der Waals surface area contributed by atoms with Gasteiger partial charge in [-0.25, -0.2) is 0 Å². The standard InChI is InChI=1S/C24H25N3O4S/c1-15-18-12-22(32-24(18)27(26-15)14-16-8-6-5-7-9-16)23(28)25-13-19-20(30-3)10-17(29-2)11-21(19)31-4/h5-12H,13-14H2,1-4H3,(H,25,28). The fraction of sp³-hybridized carbons (Fsp3) is 0.250. The molecule has 0 saturated carbocycles. The maximum atomic E-state index is 13.0. The number of carbonyl (C=O) groups is 1. The molecule has 2 aromatic carbocycles. The maximum Gasteiger partial charge on any atom is 0.261 e. The minimum Gasteiger partial charge on any atom is -0.496 e. The van der Waals surface area contributed by atoms with Gasteiger partial charge in [-0.3, -0.25) is 9.48 Å². The average Bonchev–Trinajstić information content (AvgIpc) is 3.38. The molecule has 0 spiro atoms. The van der Waals surface area contributed by atoms with E-state index in [-0.39, 0.29) is 12.5 Å². The molecule has 0 atom stereocenters. The second-order valence-electron chi connectivity index (χ2n) is 7.25. The number of ether oxygens (including phenoxy) is 3. The monoisotopic (exact) mass is 451 g/mol. The van der Waals surface area contributed by atoms with E-state index >= 15 is 0 Å². The van der Waals surface area contributed by atoms with Crippen LogP contribution in [0.25, 0.3) is 10.2 Å². The van der Waals surface area contributed by atoms with Gasteiger partial charge in [-0.15, -0.1) is 11.3 Å². The van der Waals surface area contributed by atoms with Gasteiger partial charge in [-0.05, 0) is 18.6 Å². The first-order chi connectivity index (χ1) is 15.5. The first-order valence-corrected chi connectivity index (χ1v) is 10.9. The molecule has 4 rings (SSSR count). The fourth-order valence-electron chi connectivity index (χ4n) is 3.60. The van der Waals surface area contributed by atoms with Gasteiger partial charge in [0.25, 0.3) is 5.91 Å². The lowest BCUT2D eigenvalue weighted by molar-refractivity contribution is 0.0954. The van der Waals surface area contributed by atoms with E-state index in [0.29, 0.717) is 28.7 Å². The number of aryl methyl sites for hydroxylation is 1. The number of hydrogen-bond acceptors (Lipinski definition) is 6. The van der Waals surface area contributed by atoms with Crippen molar-refractivity contribution >= 4 is 27.5 Å². The van der Waals surface area contributed by atoms with Gasteiger partial charge in [0.2, 0.25) is 0 Å². The molecule has 0 aliphatic rings. The molecular weight excluding hydrogens is 426 g/mol. The van der Waals surface area contributed by atoms with Crippen molar-refractivity contribution < 1.29 is 19.0 Å². The van der Waals surface area contributed by atoms with Crippen LogP contribution in [0.1, 0.15) is 26.5 Å². The quantitative estimate of drug-likeness (QED) is 0.430. The average molecular weight is 452 g/mol. The normalized spacial score (nSPS) is 10.9. The predicted molar refractivity (Wildman–Crippen MR) is 125 cm³/mol. The van der Waals surface area contributed by atoms with Crippen LogP contribution in [0.4, 0.5) is 0 Å². The molecule has 1 N–H and O–H groups in total. The highest BCUT2D eigenvalue weighted by atomic mass is 32.1. The second-order valence-corrected chi connectivity index (χ2v) is 8.28. The third-order valence-corrected chi connectivity index (χ3v) is 6.40. The van der Waals surface area contributed by atoms with Gasteiger partial charge in [0.15, 0.2) is 0 Å². The Balaban J connectivity index is 1.56. The Labute approximate surface area is 190 Å². The summed E-state index contributed by atoms with van der Waals surface area (Å²) in [5.41, 5.74) is 2.82. The highest BCUT2D eigenvalue weighted by Gasteiger charge is 2.19. The molecule has 166 valence electrons. The SMILES string of the molecule is COc1cc(OC)c(CNC(=O)c2cc3c(C)nn(Cc4ccccc4)c3s2)c(OC)c1. The molecular formula is C24H25N3O4S. The largest absolute Gasteiger partial charge is 0.496 e. The van der Waals surface area contributed by atoms with Gasteiger partial charge in [0, 0.05) is 17.5 Å². The summed E-state index contributed by atoms with van der Waals surface area (Å²) in [5.74, 6) is 1.65. The van der Waals surface area contributed by atoms with E-state index in [9.17, 15) is 4.79 Å². The molecule has 0 fully saturated rings. The van der Waals surface area contributed by atoms with Crippen LogP contribution in [0.3, 0.4) is 0 Å². The van der Waals surface area contributed by atoms with Crippen molar-refractivity contribution in [3.05, 3.63) is 70.2 Å². The summed E-state index contributed by atoms with van der Waals surface area (Å²) in [6.45, 7) is 2.89. The number of carbonyl (C=O) groups excluding carboxylic acids is 1. The number of benzene rings is 2. The van der Waals surface area contributed by atoms with Crippen molar-refractivity contribution in [2.24, 2.45) is 0 Å². The van der Waals surface area contributed by atoms with E-state index in [1.165, 1.54) is 11.3 Å². The maximum absolute atomic E-state index is 13.0. The van der Waals surface area contributed by atoms with E-state index in [0.717, 1.165) is 27.0 Å². The smallest absolute Gasteiger partial charge is 0.261 e. The van der Waals surface area contributed by atoms with Gasteiger partial charge in [-0.1, -0.05) is 30.3 Å². The van der Waals surface area contributed by atoms with Crippen molar-refractivity contribution in [3.63, 3.8) is 0 Å². The van der Waals surface area contributed by atoms with Crippen LogP contribution < -0.4 is 19.5 Å². The molecule has 0 radical (unpaired) electrons. The fourth-order valence-corrected chi connectivity index (χ4v) is 4.67. The summed E-state index contributed by atoms with van der Waals surface area (Å²) in [6, 6.07) is 15.6. The summed E-state index contributed by atoms with van der Waals surface area (Å²) in [5, 5.41) is 8.63. The van der Waals surface area contributed by atoms with Crippen LogP contribution in [-0.4, -0.2) is 37.0 Å². The molecule has 2 aromatic heterocycles. The molecule has 8 heteroatoms. The number of amides is 1. The Morgan fingerprint density at radius 2 is 1.72 bits per heavy atom. The van der Waals surface area contributed by atoms with Gasteiger partial charge in [-0.2, -0.15) is 5.10 Å². The third-order valence-electron chi connectivity index (χ3n) is 5.25. The summed E-state index contributed by atoms with van der Waals surface area (Å²) >= 11 is 1.44. The molecule has 32 heavy (non-hydrogen) atoms. The molecule has 0 aliphatic carbocycles. The predicted octanol–water partition coefficient (Wildman–Crippen LogP) is 4.41. The van der Waals surface area contributed by atoms with Crippen molar-refractivity contribution in [1.29, 1.82) is 0 Å². The zero-order chi connectivity index (χ0) is 22.7. The molecule has 0 unspecified atom stereocenters. The first-order valence-electron chi connectivity index (χ1n) is 10.1. The number of nitrogens with one attached hydrogen (secondary N) is 1. The van der Waals surface area contributed by atoms with Crippen LogP contribution in [0.15, 0.2) is 48.5 Å². The Bertz CT molecular complexity index is 1220. The Morgan fingerprint density at radius 3 is 2.34 bits per heavy atom. The van der Waals surface area contributed by atoms with Crippen LogP contribution in [0, 0.1) is 6.92 Å². The van der Waals surface area contributed by atoms with Crippen molar-refractivity contribution in [2.45, 2.75) is 20.0 Å². The topological polar surface area (TPSA) is 74.6 Å². The Hall–Kier alpha value is -3.52. The highest BCUT2D eigenvalue weighted by molar-refractivity contribution is 7.20. The number of hydrogen-bond donors (Lipinski definition) is 1. The number of rotatable bonds is 8. The summed E-state index contributed by atoms with van der Waals surface area (Å²) < 4.78 is 18.2. The number of methoxy groups -OCH3 is 3. The molecule has 1 amide bonds. The lowest BCUT2D eigenvalue weighted by Gasteiger charge is -2.15.